The number of aromatic amines is 1. The van der Waals surface area contributed by atoms with Crippen LogP contribution < -0.4 is 16.6 Å². The normalized spacial score (nSPS) is 17.4. The summed E-state index contributed by atoms with van der Waals surface area (Å²) < 4.78 is 0. The molecule has 0 unspecified atom stereocenters. The largest absolute Gasteiger partial charge is 0.480 e. The molecule has 4 rings (SSSR count). The van der Waals surface area contributed by atoms with Crippen LogP contribution in [0, 0.1) is 5.92 Å². The minimum atomic E-state index is -1.16. The fourth-order valence-electron chi connectivity index (χ4n) is 4.71. The van der Waals surface area contributed by atoms with Crippen LogP contribution in [0.5, 0.6) is 0 Å². The number of carbonyl (C=O) groups excluding carboxylic acids is 1. The van der Waals surface area contributed by atoms with E-state index in [4.69, 9.17) is 22.4 Å². The molecule has 5 N–H and O–H groups in total. The van der Waals surface area contributed by atoms with Gasteiger partial charge in [0.15, 0.2) is 0 Å². The molecule has 0 bridgehead atoms. The van der Waals surface area contributed by atoms with Crippen molar-refractivity contribution < 1.29 is 14.7 Å². The Morgan fingerprint density at radius 1 is 1.17 bits per heavy atom. The van der Waals surface area contributed by atoms with E-state index in [0.717, 1.165) is 53.6 Å². The summed E-state index contributed by atoms with van der Waals surface area (Å²) in [6, 6.07) is 8.58. The minimum Gasteiger partial charge on any atom is -0.480 e. The summed E-state index contributed by atoms with van der Waals surface area (Å²) in [5.41, 5.74) is 9.70. The van der Waals surface area contributed by atoms with Crippen LogP contribution in [0.1, 0.15) is 73.2 Å². The van der Waals surface area contributed by atoms with E-state index in [1.807, 2.05) is 30.3 Å². The van der Waals surface area contributed by atoms with Crippen molar-refractivity contribution in [2.75, 3.05) is 6.54 Å². The number of hydrogen-bond acceptors (Lipinski definition) is 4. The average molecular weight is 498 g/mol. The Hall–Kier alpha value is -2.90. The lowest BCUT2D eigenvalue weighted by atomic mass is 9.94. The summed E-state index contributed by atoms with van der Waals surface area (Å²) in [5.74, 6) is -0.703. The molecule has 2 aliphatic carbocycles. The van der Waals surface area contributed by atoms with Crippen LogP contribution in [-0.4, -0.2) is 34.6 Å². The number of rotatable bonds is 10. The summed E-state index contributed by atoms with van der Waals surface area (Å²) in [6.07, 6.45) is 9.56. The summed E-state index contributed by atoms with van der Waals surface area (Å²) >= 11 is 6.61. The number of allylic oxidation sites excluding steroid dienone is 1. The van der Waals surface area contributed by atoms with Gasteiger partial charge in [-0.3, -0.25) is 9.59 Å². The molecule has 7 nitrogen and oxygen atoms in total. The van der Waals surface area contributed by atoms with E-state index in [1.165, 1.54) is 12.8 Å². The van der Waals surface area contributed by atoms with Crippen molar-refractivity contribution in [3.05, 3.63) is 74.2 Å². The fourth-order valence-corrected chi connectivity index (χ4v) is 4.99. The predicted molar refractivity (Wildman–Crippen MR) is 136 cm³/mol. The zero-order valence-electron chi connectivity index (χ0n) is 19.7. The van der Waals surface area contributed by atoms with Gasteiger partial charge in [-0.1, -0.05) is 48.7 Å². The van der Waals surface area contributed by atoms with Gasteiger partial charge in [0, 0.05) is 34.8 Å². The molecule has 2 aliphatic rings. The molecule has 0 spiro atoms. The maximum Gasteiger partial charge on any atom is 0.327 e. The Bertz CT molecular complexity index is 1180. The van der Waals surface area contributed by atoms with Gasteiger partial charge < -0.3 is 21.1 Å². The number of aliphatic carboxylic acids is 1. The molecule has 2 saturated carbocycles. The van der Waals surface area contributed by atoms with Gasteiger partial charge in [0.2, 0.25) is 5.91 Å². The SMILES string of the molecule is NC[C@@H](NC(=O)CCc1ccc(/C(=C\C2CCCC2)c2ccc(C3CC3)c(=O)[nH]2)cc1Cl)C(=O)O. The summed E-state index contributed by atoms with van der Waals surface area (Å²) in [4.78, 5) is 39.0. The highest BCUT2D eigenvalue weighted by Crippen LogP contribution is 2.39. The third kappa shape index (κ3) is 6.41. The second kappa shape index (κ2) is 11.2. The number of halogens is 1. The number of aryl methyl sites for hydroxylation is 1. The quantitative estimate of drug-likeness (QED) is 0.395. The zero-order valence-corrected chi connectivity index (χ0v) is 20.4. The predicted octanol–water partition coefficient (Wildman–Crippen LogP) is 3.99. The van der Waals surface area contributed by atoms with Crippen LogP contribution in [-0.2, 0) is 16.0 Å². The van der Waals surface area contributed by atoms with Crippen LogP contribution in [0.15, 0.2) is 41.2 Å². The Kier molecular flexibility index (Phi) is 8.08. The van der Waals surface area contributed by atoms with Crippen LogP contribution >= 0.6 is 11.6 Å². The molecule has 0 saturated heterocycles. The first-order valence-electron chi connectivity index (χ1n) is 12.3. The molecule has 35 heavy (non-hydrogen) atoms. The summed E-state index contributed by atoms with van der Waals surface area (Å²) in [5, 5.41) is 12.0. The van der Waals surface area contributed by atoms with Gasteiger partial charge in [-0.2, -0.15) is 0 Å². The zero-order chi connectivity index (χ0) is 24.9. The molecule has 1 atom stereocenters. The molecule has 2 aromatic rings. The first kappa shape index (κ1) is 25.2. The van der Waals surface area contributed by atoms with Crippen molar-refractivity contribution in [3.8, 4) is 0 Å². The summed E-state index contributed by atoms with van der Waals surface area (Å²) in [6.45, 7) is -0.170. The number of nitrogens with one attached hydrogen (secondary N) is 2. The van der Waals surface area contributed by atoms with E-state index >= 15 is 0 Å². The topological polar surface area (TPSA) is 125 Å². The van der Waals surface area contributed by atoms with Gasteiger partial charge in [0.25, 0.3) is 5.56 Å². The number of amides is 1. The maximum atomic E-state index is 12.7. The van der Waals surface area contributed by atoms with Gasteiger partial charge in [-0.05, 0) is 67.2 Å². The number of carboxylic acid groups (broad SMARTS) is 1. The second-order valence-corrected chi connectivity index (χ2v) is 9.96. The van der Waals surface area contributed by atoms with E-state index < -0.39 is 17.9 Å². The highest BCUT2D eigenvalue weighted by atomic mass is 35.5. The van der Waals surface area contributed by atoms with E-state index in [-0.39, 0.29) is 18.5 Å². The van der Waals surface area contributed by atoms with E-state index in [9.17, 15) is 14.4 Å². The molecule has 1 aromatic carbocycles. The monoisotopic (exact) mass is 497 g/mol. The maximum absolute atomic E-state index is 12.7. The third-order valence-corrected chi connectivity index (χ3v) is 7.26. The molecule has 2 fully saturated rings. The van der Waals surface area contributed by atoms with Crippen molar-refractivity contribution in [2.45, 2.75) is 63.3 Å². The van der Waals surface area contributed by atoms with Crippen LogP contribution in [0.3, 0.4) is 0 Å². The number of H-pyrrole nitrogens is 1. The summed E-state index contributed by atoms with van der Waals surface area (Å²) in [7, 11) is 0. The molecule has 1 amide bonds. The molecular weight excluding hydrogens is 466 g/mol. The molecule has 0 radical (unpaired) electrons. The Morgan fingerprint density at radius 3 is 2.51 bits per heavy atom. The van der Waals surface area contributed by atoms with Crippen molar-refractivity contribution in [2.24, 2.45) is 11.7 Å². The lowest BCUT2D eigenvalue weighted by Gasteiger charge is -2.15. The molecule has 186 valence electrons. The molecule has 8 heteroatoms. The first-order valence-corrected chi connectivity index (χ1v) is 12.7. The van der Waals surface area contributed by atoms with Crippen LogP contribution in [0.4, 0.5) is 0 Å². The highest BCUT2D eigenvalue weighted by Gasteiger charge is 2.26. The van der Waals surface area contributed by atoms with Gasteiger partial charge in [-0.15, -0.1) is 0 Å². The molecule has 1 aromatic heterocycles. The number of pyridine rings is 1. The van der Waals surface area contributed by atoms with Gasteiger partial charge in [0.1, 0.15) is 6.04 Å². The Labute approximate surface area is 209 Å². The van der Waals surface area contributed by atoms with Crippen LogP contribution in [0.2, 0.25) is 5.02 Å². The molecular formula is C27H32ClN3O4. The smallest absolute Gasteiger partial charge is 0.327 e. The lowest BCUT2D eigenvalue weighted by Crippen LogP contribution is -2.45. The van der Waals surface area contributed by atoms with Crippen molar-refractivity contribution in [1.29, 1.82) is 0 Å². The fraction of sp³-hybridized carbons (Fsp3) is 0.444. The Balaban J connectivity index is 1.54. The standard InChI is InChI=1S/C27H32ClN3O4/c28-22-14-19(8-7-18(22)9-12-25(32)30-24(15-29)27(34)35)21(13-16-3-1-2-4-16)23-11-10-20(17-5-6-17)26(33)31-23/h7-8,10-11,13-14,16-17,24H,1-6,9,12,15,29H2,(H,30,32)(H,31,33)(H,34,35)/b21-13+/t24-/m1/s1. The number of hydrogen-bond donors (Lipinski definition) is 4. The molecule has 0 aliphatic heterocycles. The third-order valence-electron chi connectivity index (χ3n) is 6.90. The van der Waals surface area contributed by atoms with Crippen LogP contribution in [0.25, 0.3) is 5.57 Å². The first-order chi connectivity index (χ1) is 16.9. The number of nitrogens with two attached hydrogens (primary N) is 1. The number of aromatic nitrogens is 1. The van der Waals surface area contributed by atoms with Crippen molar-refractivity contribution >= 4 is 29.1 Å². The average Bonchev–Trinajstić information content (AvgIpc) is 3.54. The van der Waals surface area contributed by atoms with E-state index in [2.05, 4.69) is 16.4 Å². The van der Waals surface area contributed by atoms with Gasteiger partial charge in [-0.25, -0.2) is 4.79 Å². The van der Waals surface area contributed by atoms with Gasteiger partial charge >= 0.3 is 5.97 Å². The Morgan fingerprint density at radius 2 is 1.91 bits per heavy atom. The second-order valence-electron chi connectivity index (χ2n) is 9.56. The number of carbonyl (C=O) groups is 2. The highest BCUT2D eigenvalue weighted by molar-refractivity contribution is 6.31. The minimum absolute atomic E-state index is 0.0202. The van der Waals surface area contributed by atoms with Gasteiger partial charge in [0.05, 0.1) is 0 Å². The van der Waals surface area contributed by atoms with E-state index in [0.29, 0.717) is 23.3 Å². The number of carboxylic acids is 1. The van der Waals surface area contributed by atoms with Crippen molar-refractivity contribution in [1.82, 2.24) is 10.3 Å². The molecule has 1 heterocycles. The van der Waals surface area contributed by atoms with Crippen molar-refractivity contribution in [3.63, 3.8) is 0 Å². The van der Waals surface area contributed by atoms with E-state index in [1.54, 1.807) is 0 Å². The number of benzene rings is 1. The lowest BCUT2D eigenvalue weighted by molar-refractivity contribution is -0.141.